The van der Waals surface area contributed by atoms with Gasteiger partial charge in [-0.25, -0.2) is 18.0 Å². The van der Waals surface area contributed by atoms with Gasteiger partial charge in [-0.05, 0) is 23.8 Å². The van der Waals surface area contributed by atoms with Crippen molar-refractivity contribution in [3.05, 3.63) is 41.1 Å². The van der Waals surface area contributed by atoms with Gasteiger partial charge < -0.3 is 5.11 Å². The first-order valence-corrected chi connectivity index (χ1v) is 4.86. The maximum Gasteiger partial charge on any atom is 0.353 e. The van der Waals surface area contributed by atoms with Crippen molar-refractivity contribution in [2.75, 3.05) is 0 Å². The summed E-state index contributed by atoms with van der Waals surface area (Å²) in [6.07, 6.45) is 0. The van der Waals surface area contributed by atoms with E-state index >= 15 is 0 Å². The molecule has 0 aliphatic carbocycles. The van der Waals surface area contributed by atoms with Crippen LogP contribution >= 0.6 is 0 Å². The zero-order chi connectivity index (χ0) is 13.3. The predicted octanol–water partition coefficient (Wildman–Crippen LogP) is 2.52. The molecule has 4 nitrogen and oxygen atoms in total. The van der Waals surface area contributed by atoms with Gasteiger partial charge in [0.15, 0.2) is 11.6 Å². The number of benzene rings is 1. The van der Waals surface area contributed by atoms with Gasteiger partial charge in [-0.1, -0.05) is 0 Å². The van der Waals surface area contributed by atoms with Gasteiger partial charge in [-0.2, -0.15) is 5.10 Å². The van der Waals surface area contributed by atoms with E-state index in [0.717, 1.165) is 18.2 Å². The smallest absolute Gasteiger partial charge is 0.353 e. The fourth-order valence-electron chi connectivity index (χ4n) is 1.48. The molecule has 0 saturated heterocycles. The summed E-state index contributed by atoms with van der Waals surface area (Å²) in [5.41, 5.74) is -0.704. The van der Waals surface area contributed by atoms with E-state index in [1.807, 2.05) is 0 Å². The Labute approximate surface area is 99.1 Å². The van der Waals surface area contributed by atoms with Gasteiger partial charge in [0.2, 0.25) is 0 Å². The molecule has 0 saturated carbocycles. The fourth-order valence-corrected chi connectivity index (χ4v) is 1.48. The second-order valence-corrected chi connectivity index (χ2v) is 3.54. The van der Waals surface area contributed by atoms with Gasteiger partial charge in [0.25, 0.3) is 0 Å². The lowest BCUT2D eigenvalue weighted by molar-refractivity contribution is 0.0690. The van der Waals surface area contributed by atoms with Crippen molar-refractivity contribution in [1.82, 2.24) is 10.2 Å². The van der Waals surface area contributed by atoms with Crippen molar-refractivity contribution < 1.29 is 23.1 Å². The van der Waals surface area contributed by atoms with Gasteiger partial charge in [-0.3, -0.25) is 5.10 Å². The molecule has 0 amide bonds. The van der Waals surface area contributed by atoms with Crippen LogP contribution in [0.4, 0.5) is 13.2 Å². The van der Waals surface area contributed by atoms with Crippen LogP contribution in [-0.2, 0) is 6.67 Å². The number of aromatic carboxylic acids is 1. The number of carboxylic acid groups (broad SMARTS) is 1. The summed E-state index contributed by atoms with van der Waals surface area (Å²) in [7, 11) is 0. The molecule has 0 spiro atoms. The lowest BCUT2D eigenvalue weighted by Gasteiger charge is -2.03. The maximum atomic E-state index is 13.5. The van der Waals surface area contributed by atoms with E-state index in [2.05, 4.69) is 10.2 Å². The summed E-state index contributed by atoms with van der Waals surface area (Å²) in [5, 5.41) is 14.4. The number of aromatic nitrogens is 2. The Morgan fingerprint density at radius 3 is 2.61 bits per heavy atom. The van der Waals surface area contributed by atoms with E-state index in [0.29, 0.717) is 0 Å². The number of nitrogens with zero attached hydrogens (tertiary/aromatic N) is 1. The van der Waals surface area contributed by atoms with E-state index in [1.54, 1.807) is 0 Å². The van der Waals surface area contributed by atoms with Crippen molar-refractivity contribution in [2.24, 2.45) is 0 Å². The number of H-pyrrole nitrogens is 1. The molecular formula is C11H7F3N2O2. The fraction of sp³-hybridized carbons (Fsp3) is 0.0909. The topological polar surface area (TPSA) is 66.0 Å². The number of hydrogen-bond acceptors (Lipinski definition) is 2. The number of rotatable bonds is 3. The van der Waals surface area contributed by atoms with Crippen LogP contribution in [-0.4, -0.2) is 21.3 Å². The van der Waals surface area contributed by atoms with E-state index < -0.39 is 24.3 Å². The number of aromatic amines is 1. The van der Waals surface area contributed by atoms with Crippen LogP contribution in [0.2, 0.25) is 0 Å². The Bertz CT molecular complexity index is 610. The first-order chi connectivity index (χ1) is 8.52. The molecule has 0 aliphatic heterocycles. The zero-order valence-corrected chi connectivity index (χ0v) is 8.88. The highest BCUT2D eigenvalue weighted by molar-refractivity contribution is 5.86. The molecule has 0 bridgehead atoms. The summed E-state index contributed by atoms with van der Waals surface area (Å²) in [6.45, 7) is -0.958. The third-order valence-corrected chi connectivity index (χ3v) is 2.33. The minimum absolute atomic E-state index is 0.0521. The van der Waals surface area contributed by atoms with Crippen LogP contribution in [0, 0.1) is 11.6 Å². The second kappa shape index (κ2) is 4.52. The van der Waals surface area contributed by atoms with Gasteiger partial charge in [0, 0.05) is 5.56 Å². The van der Waals surface area contributed by atoms with Gasteiger partial charge in [0.1, 0.15) is 12.4 Å². The minimum Gasteiger partial charge on any atom is -0.477 e. The molecule has 0 aliphatic rings. The molecule has 1 aromatic heterocycles. The van der Waals surface area contributed by atoms with E-state index in [1.165, 1.54) is 0 Å². The summed E-state index contributed by atoms with van der Waals surface area (Å²) >= 11 is 0. The lowest BCUT2D eigenvalue weighted by Crippen LogP contribution is -1.95. The Hall–Kier alpha value is -2.31. The summed E-state index contributed by atoms with van der Waals surface area (Å²) in [6, 6.07) is 2.87. The standard InChI is InChI=1S/C11H7F3N2O2/c12-4-5-1-6(10(14)7(13)2-5)8-3-9(11(17)18)16-15-8/h1-3H,4H2,(H,15,16)(H,17,18). The summed E-state index contributed by atoms with van der Waals surface area (Å²) in [4.78, 5) is 10.6. The van der Waals surface area contributed by atoms with E-state index in [-0.39, 0.29) is 22.5 Å². The van der Waals surface area contributed by atoms with Crippen molar-refractivity contribution in [2.45, 2.75) is 6.67 Å². The molecule has 2 rings (SSSR count). The van der Waals surface area contributed by atoms with Crippen LogP contribution in [0.25, 0.3) is 11.3 Å². The Morgan fingerprint density at radius 2 is 2.06 bits per heavy atom. The molecule has 94 valence electrons. The summed E-state index contributed by atoms with van der Waals surface area (Å²) in [5.74, 6) is -3.69. The molecule has 18 heavy (non-hydrogen) atoms. The third kappa shape index (κ3) is 2.06. The molecule has 2 aromatic rings. The van der Waals surface area contributed by atoms with Crippen molar-refractivity contribution in [1.29, 1.82) is 0 Å². The van der Waals surface area contributed by atoms with Gasteiger partial charge >= 0.3 is 5.97 Å². The molecule has 1 aromatic carbocycles. The highest BCUT2D eigenvalue weighted by atomic mass is 19.2. The van der Waals surface area contributed by atoms with Crippen molar-refractivity contribution in [3.63, 3.8) is 0 Å². The third-order valence-electron chi connectivity index (χ3n) is 2.33. The number of hydrogen-bond donors (Lipinski definition) is 2. The molecule has 2 N–H and O–H groups in total. The monoisotopic (exact) mass is 256 g/mol. The predicted molar refractivity (Wildman–Crippen MR) is 55.7 cm³/mol. The van der Waals surface area contributed by atoms with Crippen molar-refractivity contribution in [3.8, 4) is 11.3 Å². The Balaban J connectivity index is 2.55. The number of nitrogens with one attached hydrogen (secondary N) is 1. The highest BCUT2D eigenvalue weighted by Gasteiger charge is 2.16. The molecule has 7 heteroatoms. The highest BCUT2D eigenvalue weighted by Crippen LogP contribution is 2.25. The van der Waals surface area contributed by atoms with Crippen molar-refractivity contribution >= 4 is 5.97 Å². The number of carboxylic acids is 1. The van der Waals surface area contributed by atoms with E-state index in [4.69, 9.17) is 5.11 Å². The Morgan fingerprint density at radius 1 is 1.33 bits per heavy atom. The second-order valence-electron chi connectivity index (χ2n) is 3.54. The SMILES string of the molecule is O=C(O)c1cc(-c2cc(CF)cc(F)c2F)n[nH]1. The molecule has 0 atom stereocenters. The first-order valence-electron chi connectivity index (χ1n) is 4.86. The average Bonchev–Trinajstić information content (AvgIpc) is 2.82. The molecule has 0 fully saturated rings. The van der Waals surface area contributed by atoms with Crippen LogP contribution in [0.5, 0.6) is 0 Å². The Kier molecular flexibility index (Phi) is 3.05. The zero-order valence-electron chi connectivity index (χ0n) is 8.88. The van der Waals surface area contributed by atoms with Crippen LogP contribution in [0.3, 0.4) is 0 Å². The van der Waals surface area contributed by atoms with Gasteiger partial charge in [-0.15, -0.1) is 0 Å². The normalized spacial score (nSPS) is 10.6. The molecule has 0 unspecified atom stereocenters. The van der Waals surface area contributed by atoms with Crippen LogP contribution in [0.15, 0.2) is 18.2 Å². The van der Waals surface area contributed by atoms with Gasteiger partial charge in [0.05, 0.1) is 5.69 Å². The lowest BCUT2D eigenvalue weighted by atomic mass is 10.1. The number of halogens is 3. The first kappa shape index (κ1) is 12.2. The van der Waals surface area contributed by atoms with Crippen LogP contribution < -0.4 is 0 Å². The van der Waals surface area contributed by atoms with E-state index in [9.17, 15) is 18.0 Å². The molecular weight excluding hydrogens is 249 g/mol. The minimum atomic E-state index is -1.28. The number of alkyl halides is 1. The molecule has 1 heterocycles. The van der Waals surface area contributed by atoms with Crippen LogP contribution in [0.1, 0.15) is 16.1 Å². The average molecular weight is 256 g/mol. The summed E-state index contributed by atoms with van der Waals surface area (Å²) < 4.78 is 39.2. The quantitative estimate of drug-likeness (QED) is 0.886. The molecule has 0 radical (unpaired) electrons. The maximum absolute atomic E-state index is 13.5. The number of carbonyl (C=O) groups is 1. The largest absolute Gasteiger partial charge is 0.477 e.